The van der Waals surface area contributed by atoms with Gasteiger partial charge < -0.3 is 15.4 Å². The zero-order chi connectivity index (χ0) is 14.1. The van der Waals surface area contributed by atoms with Crippen molar-refractivity contribution in [2.75, 3.05) is 25.5 Å². The second-order valence-electron chi connectivity index (χ2n) is 5.62. The summed E-state index contributed by atoms with van der Waals surface area (Å²) in [5, 5.41) is 0.434. The predicted molar refractivity (Wildman–Crippen MR) is 78.8 cm³/mol. The van der Waals surface area contributed by atoms with Crippen LogP contribution in [0.1, 0.15) is 29.6 Å². The number of rotatable bonds is 4. The highest BCUT2D eigenvalue weighted by Gasteiger charge is 2.36. The van der Waals surface area contributed by atoms with Crippen molar-refractivity contribution in [2.24, 2.45) is 5.92 Å². The molecule has 1 heterocycles. The molecule has 108 valence electrons. The van der Waals surface area contributed by atoms with Crippen LogP contribution in [-0.2, 0) is 4.74 Å². The second kappa shape index (κ2) is 5.62. The van der Waals surface area contributed by atoms with E-state index in [1.165, 1.54) is 0 Å². The van der Waals surface area contributed by atoms with Crippen LogP contribution < -0.4 is 5.73 Å². The summed E-state index contributed by atoms with van der Waals surface area (Å²) in [6.07, 6.45) is 3.17. The van der Waals surface area contributed by atoms with Crippen LogP contribution in [0.3, 0.4) is 0 Å². The third-order valence-corrected chi connectivity index (χ3v) is 4.30. The minimum absolute atomic E-state index is 0.0394. The quantitative estimate of drug-likeness (QED) is 0.868. The Labute approximate surface area is 123 Å². The van der Waals surface area contributed by atoms with Crippen LogP contribution >= 0.6 is 11.6 Å². The van der Waals surface area contributed by atoms with Crippen LogP contribution in [0.15, 0.2) is 18.2 Å². The Morgan fingerprint density at radius 1 is 1.40 bits per heavy atom. The fourth-order valence-electron chi connectivity index (χ4n) is 2.70. The molecule has 4 nitrogen and oxygen atoms in total. The van der Waals surface area contributed by atoms with Crippen molar-refractivity contribution in [3.05, 3.63) is 28.8 Å². The molecule has 1 unspecified atom stereocenters. The number of anilines is 1. The highest BCUT2D eigenvalue weighted by atomic mass is 35.5. The Balaban J connectivity index is 1.81. The SMILES string of the molecule is Nc1cccc(Cl)c1C(=O)N(CC1CCOC1)C1CC1. The van der Waals surface area contributed by atoms with Gasteiger partial charge in [-0.1, -0.05) is 17.7 Å². The Kier molecular flexibility index (Phi) is 3.85. The summed E-state index contributed by atoms with van der Waals surface area (Å²) in [5.41, 5.74) is 6.83. The van der Waals surface area contributed by atoms with Crippen LogP contribution in [0.2, 0.25) is 5.02 Å². The molecule has 1 saturated heterocycles. The van der Waals surface area contributed by atoms with Gasteiger partial charge >= 0.3 is 0 Å². The molecule has 1 aromatic carbocycles. The van der Waals surface area contributed by atoms with Crippen molar-refractivity contribution >= 4 is 23.2 Å². The molecular formula is C15H19ClN2O2. The number of nitrogens with zero attached hydrogens (tertiary/aromatic N) is 1. The number of nitrogen functional groups attached to an aromatic ring is 1. The minimum atomic E-state index is -0.0394. The fraction of sp³-hybridized carbons (Fsp3) is 0.533. The lowest BCUT2D eigenvalue weighted by atomic mass is 10.1. The number of hydrogen-bond donors (Lipinski definition) is 1. The monoisotopic (exact) mass is 294 g/mol. The molecule has 0 bridgehead atoms. The van der Waals surface area contributed by atoms with E-state index in [2.05, 4.69) is 0 Å². The zero-order valence-electron chi connectivity index (χ0n) is 11.3. The van der Waals surface area contributed by atoms with Crippen molar-refractivity contribution in [2.45, 2.75) is 25.3 Å². The van der Waals surface area contributed by atoms with E-state index in [4.69, 9.17) is 22.1 Å². The summed E-state index contributed by atoms with van der Waals surface area (Å²) in [6, 6.07) is 5.55. The summed E-state index contributed by atoms with van der Waals surface area (Å²) >= 11 is 6.16. The number of halogens is 1. The van der Waals surface area contributed by atoms with Crippen molar-refractivity contribution in [3.8, 4) is 0 Å². The number of nitrogens with two attached hydrogens (primary N) is 1. The van der Waals surface area contributed by atoms with Gasteiger partial charge in [0.15, 0.2) is 0 Å². The lowest BCUT2D eigenvalue weighted by Gasteiger charge is -2.26. The molecule has 2 aliphatic rings. The van der Waals surface area contributed by atoms with Gasteiger partial charge in [-0.05, 0) is 31.4 Å². The largest absolute Gasteiger partial charge is 0.398 e. The zero-order valence-corrected chi connectivity index (χ0v) is 12.1. The molecule has 1 saturated carbocycles. The minimum Gasteiger partial charge on any atom is -0.398 e. The number of carbonyl (C=O) groups excluding carboxylic acids is 1. The molecule has 3 rings (SSSR count). The van der Waals surface area contributed by atoms with Crippen LogP contribution in [0.5, 0.6) is 0 Å². The van der Waals surface area contributed by atoms with E-state index in [9.17, 15) is 4.79 Å². The predicted octanol–water partition coefficient (Wildman–Crippen LogP) is 2.56. The van der Waals surface area contributed by atoms with Gasteiger partial charge in [0.2, 0.25) is 0 Å². The fourth-order valence-corrected chi connectivity index (χ4v) is 2.96. The molecule has 5 heteroatoms. The molecule has 1 aliphatic carbocycles. The lowest BCUT2D eigenvalue weighted by Crippen LogP contribution is -2.38. The summed E-state index contributed by atoms with van der Waals surface area (Å²) < 4.78 is 5.40. The number of carbonyl (C=O) groups is 1. The first-order valence-electron chi connectivity index (χ1n) is 7.09. The number of amides is 1. The summed E-state index contributed by atoms with van der Waals surface area (Å²) in [5.74, 6) is 0.394. The average Bonchev–Trinajstić information content (AvgIpc) is 3.12. The Hall–Kier alpha value is -1.26. The first-order valence-corrected chi connectivity index (χ1v) is 7.47. The van der Waals surface area contributed by atoms with E-state index in [1.807, 2.05) is 4.90 Å². The van der Waals surface area contributed by atoms with Gasteiger partial charge in [0.1, 0.15) is 0 Å². The average molecular weight is 295 g/mol. The number of hydrogen-bond acceptors (Lipinski definition) is 3. The molecule has 1 atom stereocenters. The Morgan fingerprint density at radius 3 is 2.80 bits per heavy atom. The van der Waals surface area contributed by atoms with Gasteiger partial charge in [-0.15, -0.1) is 0 Å². The highest BCUT2D eigenvalue weighted by molar-refractivity contribution is 6.34. The number of benzene rings is 1. The van der Waals surface area contributed by atoms with Gasteiger partial charge in [0.05, 0.1) is 17.2 Å². The van der Waals surface area contributed by atoms with Crippen LogP contribution in [0, 0.1) is 5.92 Å². The van der Waals surface area contributed by atoms with Gasteiger partial charge in [0.25, 0.3) is 5.91 Å². The van der Waals surface area contributed by atoms with E-state index in [0.29, 0.717) is 28.2 Å². The summed E-state index contributed by atoms with van der Waals surface area (Å²) in [4.78, 5) is 14.7. The highest BCUT2D eigenvalue weighted by Crippen LogP contribution is 2.33. The van der Waals surface area contributed by atoms with Gasteiger partial charge in [-0.2, -0.15) is 0 Å². The Morgan fingerprint density at radius 2 is 2.20 bits per heavy atom. The van der Waals surface area contributed by atoms with E-state index in [0.717, 1.165) is 39.0 Å². The Bertz CT molecular complexity index is 490. The van der Waals surface area contributed by atoms with Crippen LogP contribution in [-0.4, -0.2) is 36.6 Å². The number of ether oxygens (including phenoxy) is 1. The molecular weight excluding hydrogens is 276 g/mol. The van der Waals surface area contributed by atoms with E-state index in [-0.39, 0.29) is 5.91 Å². The third kappa shape index (κ3) is 2.76. The normalized spacial score (nSPS) is 21.9. The molecule has 2 fully saturated rings. The van der Waals surface area contributed by atoms with Gasteiger partial charge in [0, 0.05) is 30.8 Å². The van der Waals surface area contributed by atoms with Crippen LogP contribution in [0.4, 0.5) is 5.69 Å². The third-order valence-electron chi connectivity index (χ3n) is 3.99. The van der Waals surface area contributed by atoms with Crippen molar-refractivity contribution < 1.29 is 9.53 Å². The molecule has 0 radical (unpaired) electrons. The molecule has 2 N–H and O–H groups in total. The standard InChI is InChI=1S/C15H19ClN2O2/c16-12-2-1-3-13(17)14(12)15(19)18(11-4-5-11)8-10-6-7-20-9-10/h1-3,10-11H,4-9,17H2. The van der Waals surface area contributed by atoms with E-state index in [1.54, 1.807) is 18.2 Å². The lowest BCUT2D eigenvalue weighted by molar-refractivity contribution is 0.0707. The van der Waals surface area contributed by atoms with Crippen molar-refractivity contribution in [1.82, 2.24) is 4.90 Å². The maximum Gasteiger partial charge on any atom is 0.257 e. The second-order valence-corrected chi connectivity index (χ2v) is 6.03. The topological polar surface area (TPSA) is 55.6 Å². The molecule has 0 spiro atoms. The maximum absolute atomic E-state index is 12.8. The summed E-state index contributed by atoms with van der Waals surface area (Å²) in [6.45, 7) is 2.29. The van der Waals surface area contributed by atoms with E-state index < -0.39 is 0 Å². The van der Waals surface area contributed by atoms with Crippen molar-refractivity contribution in [3.63, 3.8) is 0 Å². The van der Waals surface area contributed by atoms with Crippen LogP contribution in [0.25, 0.3) is 0 Å². The van der Waals surface area contributed by atoms with E-state index >= 15 is 0 Å². The van der Waals surface area contributed by atoms with Gasteiger partial charge in [-0.25, -0.2) is 0 Å². The smallest absolute Gasteiger partial charge is 0.257 e. The molecule has 1 aliphatic heterocycles. The molecule has 0 aromatic heterocycles. The van der Waals surface area contributed by atoms with Gasteiger partial charge in [-0.3, -0.25) is 4.79 Å². The summed E-state index contributed by atoms with van der Waals surface area (Å²) in [7, 11) is 0. The molecule has 1 amide bonds. The maximum atomic E-state index is 12.8. The molecule has 1 aromatic rings. The van der Waals surface area contributed by atoms with Crippen molar-refractivity contribution in [1.29, 1.82) is 0 Å². The first-order chi connectivity index (χ1) is 9.66. The first kappa shape index (κ1) is 13.7. The molecule has 20 heavy (non-hydrogen) atoms.